The number of guanidine groups is 1. The smallest absolute Gasteiger partial charge is 0.188 e. The average Bonchev–Trinajstić information content (AvgIpc) is 2.26. The van der Waals surface area contributed by atoms with Crippen LogP contribution in [0.2, 0.25) is 0 Å². The quantitative estimate of drug-likeness (QED) is 0.288. The van der Waals surface area contributed by atoms with Crippen LogP contribution in [0.1, 0.15) is 5.56 Å². The number of nitrogens with zero attached hydrogens (tertiary/aromatic N) is 1. The molecule has 90 valence electrons. The molecular weight excluding hydrogens is 333 g/mol. The minimum atomic E-state index is 0. The lowest BCUT2D eigenvalue weighted by Gasteiger charge is -2.04. The van der Waals surface area contributed by atoms with Gasteiger partial charge in [-0.25, -0.2) is 0 Å². The van der Waals surface area contributed by atoms with Crippen molar-refractivity contribution in [2.75, 3.05) is 19.3 Å². The van der Waals surface area contributed by atoms with E-state index in [2.05, 4.69) is 41.5 Å². The van der Waals surface area contributed by atoms with E-state index in [1.165, 1.54) is 10.5 Å². The molecule has 1 aromatic rings. The van der Waals surface area contributed by atoms with E-state index < -0.39 is 0 Å². The Morgan fingerprint density at radius 1 is 1.38 bits per heavy atom. The minimum Gasteiger partial charge on any atom is -0.370 e. The van der Waals surface area contributed by atoms with Gasteiger partial charge in [0, 0.05) is 24.2 Å². The van der Waals surface area contributed by atoms with Gasteiger partial charge in [0.15, 0.2) is 5.96 Å². The summed E-state index contributed by atoms with van der Waals surface area (Å²) in [7, 11) is 1.68. The average molecular weight is 351 g/mol. The monoisotopic (exact) mass is 351 g/mol. The maximum Gasteiger partial charge on any atom is 0.188 e. The minimum absolute atomic E-state index is 0. The van der Waals surface area contributed by atoms with E-state index in [1.807, 2.05) is 11.8 Å². The number of hydrogen-bond acceptors (Lipinski definition) is 2. The second kappa shape index (κ2) is 8.69. The molecule has 0 saturated carbocycles. The van der Waals surface area contributed by atoms with Gasteiger partial charge in [0.2, 0.25) is 0 Å². The molecule has 16 heavy (non-hydrogen) atoms. The van der Waals surface area contributed by atoms with Crippen LogP contribution < -0.4 is 11.1 Å². The van der Waals surface area contributed by atoms with E-state index in [-0.39, 0.29) is 24.0 Å². The van der Waals surface area contributed by atoms with E-state index in [0.717, 1.165) is 12.3 Å². The molecule has 0 atom stereocenters. The standard InChI is InChI=1S/C11H17N3S.HI/c1-9-3-5-10(6-4-9)15-8-7-14-11(12)13-2;/h3-6H,7-8H2,1-2H3,(H3,12,13,14);1H. The fourth-order valence-electron chi connectivity index (χ4n) is 1.06. The van der Waals surface area contributed by atoms with Gasteiger partial charge in [-0.15, -0.1) is 35.7 Å². The Labute approximate surface area is 118 Å². The Morgan fingerprint density at radius 2 is 2.00 bits per heavy atom. The molecule has 0 saturated heterocycles. The van der Waals surface area contributed by atoms with Crippen molar-refractivity contribution in [1.82, 2.24) is 5.32 Å². The van der Waals surface area contributed by atoms with Crippen LogP contribution in [-0.2, 0) is 0 Å². The van der Waals surface area contributed by atoms with Crippen LogP contribution in [0.4, 0.5) is 0 Å². The lowest BCUT2D eigenvalue weighted by molar-refractivity contribution is 0.959. The molecule has 0 aliphatic carbocycles. The first-order valence-corrected chi connectivity index (χ1v) is 5.86. The van der Waals surface area contributed by atoms with Crippen molar-refractivity contribution < 1.29 is 0 Å². The predicted octanol–water partition coefficient (Wildman–Crippen LogP) is 2.24. The molecule has 3 nitrogen and oxygen atoms in total. The molecule has 1 aromatic carbocycles. The zero-order valence-electron chi connectivity index (χ0n) is 9.56. The summed E-state index contributed by atoms with van der Waals surface area (Å²) in [6.45, 7) is 2.93. The number of aryl methyl sites for hydroxylation is 1. The molecule has 0 aromatic heterocycles. The molecule has 0 heterocycles. The van der Waals surface area contributed by atoms with E-state index >= 15 is 0 Å². The highest BCUT2D eigenvalue weighted by Gasteiger charge is 1.94. The fourth-order valence-corrected chi connectivity index (χ4v) is 1.83. The number of benzene rings is 1. The lowest BCUT2D eigenvalue weighted by Crippen LogP contribution is -2.32. The molecule has 0 bridgehead atoms. The number of nitrogens with one attached hydrogen (secondary N) is 1. The fraction of sp³-hybridized carbons (Fsp3) is 0.364. The van der Waals surface area contributed by atoms with E-state index in [1.54, 1.807) is 7.05 Å². The Kier molecular flexibility index (Phi) is 8.46. The number of aliphatic imine (C=N–C) groups is 1. The van der Waals surface area contributed by atoms with Gasteiger partial charge in [-0.2, -0.15) is 0 Å². The maximum absolute atomic E-state index is 5.50. The van der Waals surface area contributed by atoms with Crippen molar-refractivity contribution >= 4 is 41.7 Å². The second-order valence-corrected chi connectivity index (χ2v) is 4.37. The third-order valence-corrected chi connectivity index (χ3v) is 2.95. The molecule has 0 fully saturated rings. The van der Waals surface area contributed by atoms with E-state index in [0.29, 0.717) is 5.96 Å². The van der Waals surface area contributed by atoms with Crippen LogP contribution in [0.5, 0.6) is 0 Å². The third kappa shape index (κ3) is 6.22. The van der Waals surface area contributed by atoms with Crippen molar-refractivity contribution in [3.05, 3.63) is 29.8 Å². The summed E-state index contributed by atoms with van der Waals surface area (Å²) in [6, 6.07) is 8.52. The molecule has 5 heteroatoms. The van der Waals surface area contributed by atoms with Gasteiger partial charge in [0.1, 0.15) is 0 Å². The Hall–Kier alpha value is -0.430. The number of rotatable bonds is 4. The molecule has 0 aliphatic rings. The first kappa shape index (κ1) is 15.6. The summed E-state index contributed by atoms with van der Waals surface area (Å²) in [5, 5.41) is 3.02. The van der Waals surface area contributed by atoms with Gasteiger partial charge in [-0.3, -0.25) is 4.99 Å². The Balaban J connectivity index is 0.00000225. The molecular formula is C11H18IN3S. The number of hydrogen-bond donors (Lipinski definition) is 2. The van der Waals surface area contributed by atoms with Crippen molar-refractivity contribution in [1.29, 1.82) is 0 Å². The number of thioether (sulfide) groups is 1. The van der Waals surface area contributed by atoms with Crippen LogP contribution in [0.25, 0.3) is 0 Å². The molecule has 0 spiro atoms. The molecule has 0 radical (unpaired) electrons. The second-order valence-electron chi connectivity index (χ2n) is 3.20. The summed E-state index contributed by atoms with van der Waals surface area (Å²) in [5.41, 5.74) is 6.79. The van der Waals surface area contributed by atoms with Crippen LogP contribution in [-0.4, -0.2) is 25.3 Å². The molecule has 0 amide bonds. The summed E-state index contributed by atoms with van der Waals surface area (Å²) in [5.74, 6) is 1.48. The van der Waals surface area contributed by atoms with Crippen LogP contribution in [0, 0.1) is 6.92 Å². The number of nitrogens with two attached hydrogens (primary N) is 1. The van der Waals surface area contributed by atoms with Gasteiger partial charge < -0.3 is 11.1 Å². The molecule has 1 rings (SSSR count). The van der Waals surface area contributed by atoms with Crippen molar-refractivity contribution in [2.45, 2.75) is 11.8 Å². The maximum atomic E-state index is 5.50. The lowest BCUT2D eigenvalue weighted by atomic mass is 10.2. The first-order valence-electron chi connectivity index (χ1n) is 4.88. The van der Waals surface area contributed by atoms with Gasteiger partial charge >= 0.3 is 0 Å². The molecule has 0 aliphatic heterocycles. The van der Waals surface area contributed by atoms with Crippen LogP contribution >= 0.6 is 35.7 Å². The SMILES string of the molecule is CN=C(N)NCCSc1ccc(C)cc1.I. The zero-order chi connectivity index (χ0) is 11.1. The third-order valence-electron chi connectivity index (χ3n) is 1.94. The molecule has 3 N–H and O–H groups in total. The van der Waals surface area contributed by atoms with E-state index in [4.69, 9.17) is 5.73 Å². The Bertz CT molecular complexity index is 325. The normalized spacial score (nSPS) is 10.8. The Morgan fingerprint density at radius 3 is 2.56 bits per heavy atom. The van der Waals surface area contributed by atoms with Crippen LogP contribution in [0.15, 0.2) is 34.2 Å². The van der Waals surface area contributed by atoms with Gasteiger partial charge in [-0.1, -0.05) is 17.7 Å². The predicted molar refractivity (Wildman–Crippen MR) is 82.9 cm³/mol. The van der Waals surface area contributed by atoms with Gasteiger partial charge in [0.05, 0.1) is 0 Å². The zero-order valence-corrected chi connectivity index (χ0v) is 12.7. The summed E-state index contributed by atoms with van der Waals surface area (Å²) in [4.78, 5) is 5.11. The van der Waals surface area contributed by atoms with E-state index in [9.17, 15) is 0 Å². The topological polar surface area (TPSA) is 50.4 Å². The highest BCUT2D eigenvalue weighted by atomic mass is 127. The van der Waals surface area contributed by atoms with Crippen LogP contribution in [0.3, 0.4) is 0 Å². The summed E-state index contributed by atoms with van der Waals surface area (Å²) in [6.07, 6.45) is 0. The largest absolute Gasteiger partial charge is 0.370 e. The summed E-state index contributed by atoms with van der Waals surface area (Å²) >= 11 is 1.81. The number of halogens is 1. The van der Waals surface area contributed by atoms with Gasteiger partial charge in [0.25, 0.3) is 0 Å². The van der Waals surface area contributed by atoms with Gasteiger partial charge in [-0.05, 0) is 19.1 Å². The highest BCUT2D eigenvalue weighted by molar-refractivity contribution is 14.0. The molecule has 0 unspecified atom stereocenters. The first-order chi connectivity index (χ1) is 7.22. The van der Waals surface area contributed by atoms with Crippen molar-refractivity contribution in [3.63, 3.8) is 0 Å². The highest BCUT2D eigenvalue weighted by Crippen LogP contribution is 2.17. The van der Waals surface area contributed by atoms with Crippen molar-refractivity contribution in [3.8, 4) is 0 Å². The van der Waals surface area contributed by atoms with Crippen molar-refractivity contribution in [2.24, 2.45) is 10.7 Å². The summed E-state index contributed by atoms with van der Waals surface area (Å²) < 4.78 is 0.